The maximum atomic E-state index is 5.47. The lowest BCUT2D eigenvalue weighted by atomic mass is 10.2. The van der Waals surface area contributed by atoms with Gasteiger partial charge in [0.15, 0.2) is 0 Å². The molecule has 0 aromatic heterocycles. The molecule has 1 aromatic carbocycles. The van der Waals surface area contributed by atoms with E-state index in [1.165, 1.54) is 4.90 Å². The molecule has 0 heterocycles. The molecule has 0 saturated carbocycles. The van der Waals surface area contributed by atoms with Crippen LogP contribution in [-0.2, 0) is 0 Å². The average molecular weight is 136 g/mol. The monoisotopic (exact) mass is 136 g/mol. The summed E-state index contributed by atoms with van der Waals surface area (Å²) in [4.78, 5) is 1.25. The van der Waals surface area contributed by atoms with Crippen LogP contribution in [0.5, 0.6) is 0 Å². The first-order chi connectivity index (χ1) is 4.33. The Balaban J connectivity index is 2.88. The smallest absolute Gasteiger partial charge is 0.00693 e. The van der Waals surface area contributed by atoms with Crippen LogP contribution in [0.1, 0.15) is 5.56 Å². The van der Waals surface area contributed by atoms with E-state index in [0.717, 1.165) is 5.56 Å². The van der Waals surface area contributed by atoms with Crippen molar-refractivity contribution in [1.82, 2.24) is 0 Å². The normalized spacial score (nSPS) is 9.56. The maximum Gasteiger partial charge on any atom is 0.00693 e. The molecule has 9 heavy (non-hydrogen) atoms. The van der Waals surface area contributed by atoms with Crippen LogP contribution < -0.4 is 0 Å². The van der Waals surface area contributed by atoms with Gasteiger partial charge in [-0.05, 0) is 30.9 Å². The van der Waals surface area contributed by atoms with E-state index < -0.39 is 0 Å². The Kier molecular flexibility index (Phi) is 2.17. The highest BCUT2D eigenvalue weighted by Crippen LogP contribution is 2.13. The van der Waals surface area contributed by atoms with Gasteiger partial charge in [0.1, 0.15) is 0 Å². The predicted octanol–water partition coefficient (Wildman–Crippen LogP) is 2.47. The standard InChI is InChI=1S/C8H8S/c1-7-3-5-8(9-2)6-4-7/h1,3-6H,2H3. The molecule has 46 valence electrons. The first-order valence-corrected chi connectivity index (χ1v) is 3.95. The van der Waals surface area contributed by atoms with Gasteiger partial charge >= 0.3 is 0 Å². The van der Waals surface area contributed by atoms with Crippen LogP contribution in [0.15, 0.2) is 29.2 Å². The highest BCUT2D eigenvalue weighted by Gasteiger charge is 1.85. The molecule has 0 aliphatic heterocycles. The van der Waals surface area contributed by atoms with E-state index in [4.69, 9.17) is 6.92 Å². The Labute approximate surface area is 60.3 Å². The highest BCUT2D eigenvalue weighted by molar-refractivity contribution is 7.98. The van der Waals surface area contributed by atoms with E-state index in [1.54, 1.807) is 11.8 Å². The molecule has 0 spiro atoms. The van der Waals surface area contributed by atoms with Gasteiger partial charge in [-0.1, -0.05) is 12.1 Å². The first-order valence-electron chi connectivity index (χ1n) is 2.72. The van der Waals surface area contributed by atoms with Gasteiger partial charge in [0, 0.05) is 4.90 Å². The number of rotatable bonds is 1. The van der Waals surface area contributed by atoms with Crippen LogP contribution in [0.4, 0.5) is 0 Å². The van der Waals surface area contributed by atoms with Crippen LogP contribution >= 0.6 is 11.8 Å². The van der Waals surface area contributed by atoms with Crippen LogP contribution in [0.3, 0.4) is 0 Å². The minimum atomic E-state index is 0.827. The molecule has 0 aliphatic carbocycles. The average Bonchev–Trinajstić information content (AvgIpc) is 1.90. The van der Waals surface area contributed by atoms with Crippen molar-refractivity contribution in [3.05, 3.63) is 36.8 Å². The molecular formula is C8H8S. The van der Waals surface area contributed by atoms with Gasteiger partial charge < -0.3 is 0 Å². The lowest BCUT2D eigenvalue weighted by molar-refractivity contribution is 1.44. The molecule has 1 heteroatoms. The van der Waals surface area contributed by atoms with Crippen LogP contribution in [0.25, 0.3) is 0 Å². The fourth-order valence-corrected chi connectivity index (χ4v) is 1.01. The molecule has 0 unspecified atom stereocenters. The Morgan fingerprint density at radius 1 is 1.22 bits per heavy atom. The Morgan fingerprint density at radius 3 is 2.22 bits per heavy atom. The fourth-order valence-electron chi connectivity index (χ4n) is 0.604. The molecule has 0 bridgehead atoms. The van der Waals surface area contributed by atoms with Crippen LogP contribution in [-0.4, -0.2) is 6.26 Å². The molecule has 0 aliphatic rings. The highest BCUT2D eigenvalue weighted by atomic mass is 32.2. The lowest BCUT2D eigenvalue weighted by Gasteiger charge is -1.93. The summed E-state index contributed by atoms with van der Waals surface area (Å²) in [5.41, 5.74) is 0.827. The van der Waals surface area contributed by atoms with E-state index in [0.29, 0.717) is 0 Å². The van der Waals surface area contributed by atoms with E-state index in [-0.39, 0.29) is 0 Å². The van der Waals surface area contributed by atoms with E-state index in [2.05, 4.69) is 0 Å². The van der Waals surface area contributed by atoms with Gasteiger partial charge in [0.2, 0.25) is 0 Å². The van der Waals surface area contributed by atoms with Gasteiger partial charge in [0.25, 0.3) is 0 Å². The minimum Gasteiger partial charge on any atom is -0.130 e. The molecule has 0 amide bonds. The zero-order valence-corrected chi connectivity index (χ0v) is 6.11. The quantitative estimate of drug-likeness (QED) is 0.534. The Bertz CT molecular complexity index is 176. The van der Waals surface area contributed by atoms with Crippen LogP contribution in [0.2, 0.25) is 0 Å². The third-order valence-corrected chi connectivity index (χ3v) is 1.86. The van der Waals surface area contributed by atoms with Crippen LogP contribution in [0, 0.1) is 6.92 Å². The molecule has 0 nitrogen and oxygen atoms in total. The maximum absolute atomic E-state index is 5.47. The summed E-state index contributed by atoms with van der Waals surface area (Å²) in [6, 6.07) is 7.84. The number of thioether (sulfide) groups is 1. The van der Waals surface area contributed by atoms with Crippen molar-refractivity contribution in [3.8, 4) is 0 Å². The van der Waals surface area contributed by atoms with Crippen molar-refractivity contribution in [3.63, 3.8) is 0 Å². The van der Waals surface area contributed by atoms with E-state index in [9.17, 15) is 0 Å². The zero-order chi connectivity index (χ0) is 6.69. The van der Waals surface area contributed by atoms with Gasteiger partial charge in [-0.3, -0.25) is 0 Å². The lowest BCUT2D eigenvalue weighted by Crippen LogP contribution is -1.70. The minimum absolute atomic E-state index is 0.827. The third kappa shape index (κ3) is 1.75. The molecule has 0 fully saturated rings. The summed E-state index contributed by atoms with van der Waals surface area (Å²) in [6.45, 7) is 5.47. The molecule has 0 atom stereocenters. The molecule has 0 saturated heterocycles. The van der Waals surface area contributed by atoms with Crippen molar-refractivity contribution in [2.75, 3.05) is 6.26 Å². The topological polar surface area (TPSA) is 0 Å². The number of hydrogen-bond donors (Lipinski definition) is 0. The number of benzene rings is 1. The summed E-state index contributed by atoms with van der Waals surface area (Å²) < 4.78 is 0. The van der Waals surface area contributed by atoms with Crippen molar-refractivity contribution >= 4 is 11.8 Å². The Hall–Kier alpha value is -0.430. The molecule has 1 rings (SSSR count). The summed E-state index contributed by atoms with van der Waals surface area (Å²) in [6.07, 6.45) is 2.05. The van der Waals surface area contributed by atoms with Gasteiger partial charge in [-0.2, -0.15) is 0 Å². The van der Waals surface area contributed by atoms with E-state index >= 15 is 0 Å². The van der Waals surface area contributed by atoms with Gasteiger partial charge in [0.05, 0.1) is 0 Å². The molecule has 0 N–H and O–H groups in total. The summed E-state index contributed by atoms with van der Waals surface area (Å²) in [7, 11) is 0. The largest absolute Gasteiger partial charge is 0.130 e. The van der Waals surface area contributed by atoms with Crippen molar-refractivity contribution in [1.29, 1.82) is 0 Å². The summed E-state index contributed by atoms with van der Waals surface area (Å²) in [5, 5.41) is 0. The van der Waals surface area contributed by atoms with Gasteiger partial charge in [-0.25, -0.2) is 0 Å². The fraction of sp³-hybridized carbons (Fsp3) is 0.125. The zero-order valence-electron chi connectivity index (χ0n) is 5.29. The second-order valence-corrected chi connectivity index (χ2v) is 2.65. The van der Waals surface area contributed by atoms with Gasteiger partial charge in [-0.15, -0.1) is 11.8 Å². The van der Waals surface area contributed by atoms with Crippen molar-refractivity contribution in [2.24, 2.45) is 0 Å². The summed E-state index contributed by atoms with van der Waals surface area (Å²) >= 11 is 1.72. The first kappa shape index (κ1) is 6.69. The van der Waals surface area contributed by atoms with Crippen molar-refractivity contribution in [2.45, 2.75) is 4.90 Å². The summed E-state index contributed by atoms with van der Waals surface area (Å²) in [5.74, 6) is 0. The predicted molar refractivity (Wildman–Crippen MR) is 41.6 cm³/mol. The number of hydrogen-bond acceptors (Lipinski definition) is 1. The van der Waals surface area contributed by atoms with Crippen molar-refractivity contribution < 1.29 is 0 Å². The van der Waals surface area contributed by atoms with E-state index in [1.807, 2.05) is 30.5 Å². The second-order valence-electron chi connectivity index (χ2n) is 1.77. The molecular weight excluding hydrogens is 128 g/mol. The second kappa shape index (κ2) is 2.92. The molecule has 1 aromatic rings. The SMILES string of the molecule is [CH]c1ccc(SC)cc1. The Morgan fingerprint density at radius 2 is 1.78 bits per heavy atom. The molecule has 2 radical (unpaired) electrons. The third-order valence-electron chi connectivity index (χ3n) is 1.12.